The Balaban J connectivity index is 1.34. The molecule has 11 heteroatoms. The third-order valence-electron chi connectivity index (χ3n) is 7.88. The summed E-state index contributed by atoms with van der Waals surface area (Å²) in [6, 6.07) is 28.5. The van der Waals surface area contributed by atoms with Gasteiger partial charge in [0, 0.05) is 29.0 Å². The monoisotopic (exact) mass is 641 g/mol. The van der Waals surface area contributed by atoms with E-state index in [4.69, 9.17) is 17.0 Å². The van der Waals surface area contributed by atoms with Crippen molar-refractivity contribution in [2.24, 2.45) is 0 Å². The van der Waals surface area contributed by atoms with E-state index in [1.165, 1.54) is 12.1 Å². The fourth-order valence-electron chi connectivity index (χ4n) is 5.88. The van der Waals surface area contributed by atoms with Crippen molar-refractivity contribution in [2.75, 3.05) is 16.8 Å². The standard InChI is InChI=1S/C35H30F3N5O2S/c1-22-20-27(23(2)42(22)30-14-7-6-12-28(30)35(36,37)38)33-32(29-13-8-9-19-39-29)41-34(46)43(33)25-17-15-24(16-18-25)40-31(44)21-45-26-10-4-3-5-11-26/h3-20,32-33H,21H2,1-2H3,(H,40,44)(H,41,46). The topological polar surface area (TPSA) is 71.4 Å². The Morgan fingerprint density at radius 2 is 1.65 bits per heavy atom. The molecule has 0 bridgehead atoms. The number of rotatable bonds is 8. The van der Waals surface area contributed by atoms with Crippen molar-refractivity contribution in [3.05, 3.63) is 138 Å². The molecule has 0 aliphatic carbocycles. The summed E-state index contributed by atoms with van der Waals surface area (Å²) in [4.78, 5) is 19.1. The maximum absolute atomic E-state index is 14.1. The van der Waals surface area contributed by atoms with Crippen molar-refractivity contribution in [2.45, 2.75) is 32.1 Å². The molecule has 7 nitrogen and oxygen atoms in total. The lowest BCUT2D eigenvalue weighted by molar-refractivity contribution is -0.137. The smallest absolute Gasteiger partial charge is 0.418 e. The van der Waals surface area contributed by atoms with Crippen LogP contribution < -0.4 is 20.3 Å². The van der Waals surface area contributed by atoms with Gasteiger partial charge in [-0.2, -0.15) is 13.2 Å². The molecule has 1 aliphatic rings. The number of nitrogens with one attached hydrogen (secondary N) is 2. The van der Waals surface area contributed by atoms with Gasteiger partial charge in [0.25, 0.3) is 5.91 Å². The van der Waals surface area contributed by atoms with Gasteiger partial charge in [0.15, 0.2) is 11.7 Å². The molecule has 1 saturated heterocycles. The number of hydrogen-bond donors (Lipinski definition) is 2. The Morgan fingerprint density at radius 1 is 0.957 bits per heavy atom. The van der Waals surface area contributed by atoms with E-state index in [1.807, 2.05) is 66.4 Å². The summed E-state index contributed by atoms with van der Waals surface area (Å²) >= 11 is 5.85. The van der Waals surface area contributed by atoms with Crippen LogP contribution in [-0.4, -0.2) is 27.2 Å². The molecule has 2 aromatic heterocycles. The first-order valence-electron chi connectivity index (χ1n) is 14.6. The fourth-order valence-corrected chi connectivity index (χ4v) is 6.23. The predicted octanol–water partition coefficient (Wildman–Crippen LogP) is 7.70. The Hall–Kier alpha value is -5.16. The average Bonchev–Trinajstić information content (AvgIpc) is 3.55. The summed E-state index contributed by atoms with van der Waals surface area (Å²) in [5.41, 5.74) is 3.49. The third-order valence-corrected chi connectivity index (χ3v) is 8.19. The predicted molar refractivity (Wildman–Crippen MR) is 175 cm³/mol. The number of para-hydroxylation sites is 2. The van der Waals surface area contributed by atoms with E-state index in [0.29, 0.717) is 27.9 Å². The number of pyridine rings is 1. The van der Waals surface area contributed by atoms with Crippen LogP contribution in [0.25, 0.3) is 5.69 Å². The summed E-state index contributed by atoms with van der Waals surface area (Å²) < 4.78 is 49.4. The molecule has 2 atom stereocenters. The highest BCUT2D eigenvalue weighted by Gasteiger charge is 2.43. The lowest BCUT2D eigenvalue weighted by Gasteiger charge is -2.28. The number of alkyl halides is 3. The molecule has 234 valence electrons. The minimum atomic E-state index is -4.52. The molecule has 1 amide bonds. The molecule has 1 aliphatic heterocycles. The molecule has 6 rings (SSSR count). The Kier molecular flexibility index (Phi) is 8.50. The zero-order valence-electron chi connectivity index (χ0n) is 25.0. The lowest BCUT2D eigenvalue weighted by atomic mass is 9.96. The first-order valence-corrected chi connectivity index (χ1v) is 15.0. The van der Waals surface area contributed by atoms with Crippen molar-refractivity contribution < 1.29 is 22.7 Å². The number of anilines is 2. The highest BCUT2D eigenvalue weighted by atomic mass is 32.1. The first-order chi connectivity index (χ1) is 22.1. The summed E-state index contributed by atoms with van der Waals surface area (Å²) in [7, 11) is 0. The van der Waals surface area contributed by atoms with Crippen LogP contribution >= 0.6 is 12.2 Å². The zero-order chi connectivity index (χ0) is 32.4. The molecular formula is C35H30F3N5O2S. The van der Waals surface area contributed by atoms with Crippen molar-refractivity contribution in [3.8, 4) is 11.4 Å². The van der Waals surface area contributed by atoms with Crippen molar-refractivity contribution >= 4 is 34.6 Å². The number of halogens is 3. The largest absolute Gasteiger partial charge is 0.484 e. The number of thiocarbonyl (C=S) groups is 1. The SMILES string of the molecule is Cc1cc(C2C(c3ccccn3)NC(=S)N2c2ccc(NC(=O)COc3ccccc3)cc2)c(C)n1-c1ccccc1C(F)(F)F. The molecule has 2 unspecified atom stereocenters. The van der Waals surface area contributed by atoms with Gasteiger partial charge in [-0.25, -0.2) is 0 Å². The van der Waals surface area contributed by atoms with Gasteiger partial charge in [-0.05, 0) is 98.4 Å². The average molecular weight is 642 g/mol. The van der Waals surface area contributed by atoms with Crippen LogP contribution in [0, 0.1) is 13.8 Å². The van der Waals surface area contributed by atoms with E-state index in [9.17, 15) is 18.0 Å². The van der Waals surface area contributed by atoms with Gasteiger partial charge in [-0.1, -0.05) is 36.4 Å². The van der Waals surface area contributed by atoms with Gasteiger partial charge >= 0.3 is 6.18 Å². The molecule has 1 fully saturated rings. The zero-order valence-corrected chi connectivity index (χ0v) is 25.8. The maximum Gasteiger partial charge on any atom is 0.418 e. The van der Waals surface area contributed by atoms with Crippen LogP contribution in [0.5, 0.6) is 5.75 Å². The van der Waals surface area contributed by atoms with E-state index < -0.39 is 23.8 Å². The van der Waals surface area contributed by atoms with Crippen molar-refractivity contribution in [1.82, 2.24) is 14.9 Å². The number of ether oxygens (including phenoxy) is 1. The van der Waals surface area contributed by atoms with Gasteiger partial charge in [0.05, 0.1) is 29.0 Å². The Labute approximate surface area is 269 Å². The van der Waals surface area contributed by atoms with Crippen LogP contribution in [0.15, 0.2) is 109 Å². The van der Waals surface area contributed by atoms with Crippen LogP contribution in [0.2, 0.25) is 0 Å². The summed E-state index contributed by atoms with van der Waals surface area (Å²) in [6.07, 6.45) is -2.83. The number of aryl methyl sites for hydroxylation is 1. The molecule has 46 heavy (non-hydrogen) atoms. The highest BCUT2D eigenvalue weighted by molar-refractivity contribution is 7.80. The number of nitrogens with zero attached hydrogens (tertiary/aromatic N) is 3. The fraction of sp³-hybridized carbons (Fsp3) is 0.171. The number of carbonyl (C=O) groups excluding carboxylic acids is 1. The van der Waals surface area contributed by atoms with Crippen LogP contribution in [0.1, 0.15) is 40.3 Å². The number of hydrogen-bond acceptors (Lipinski definition) is 4. The minimum absolute atomic E-state index is 0.0575. The number of amides is 1. The molecule has 2 N–H and O–H groups in total. The Bertz CT molecular complexity index is 1860. The van der Waals surface area contributed by atoms with Crippen LogP contribution in [0.3, 0.4) is 0 Å². The second-order valence-corrected chi connectivity index (χ2v) is 11.3. The number of benzene rings is 3. The number of carbonyl (C=O) groups is 1. The summed E-state index contributed by atoms with van der Waals surface area (Å²) in [5, 5.41) is 6.67. The molecule has 3 aromatic carbocycles. The summed E-state index contributed by atoms with van der Waals surface area (Å²) in [5.74, 6) is 0.285. The van der Waals surface area contributed by atoms with E-state index in [-0.39, 0.29) is 18.2 Å². The van der Waals surface area contributed by atoms with E-state index >= 15 is 0 Å². The van der Waals surface area contributed by atoms with Crippen LogP contribution in [-0.2, 0) is 11.0 Å². The minimum Gasteiger partial charge on any atom is -0.484 e. The molecule has 0 spiro atoms. The van der Waals surface area contributed by atoms with Crippen LogP contribution in [0.4, 0.5) is 24.5 Å². The highest BCUT2D eigenvalue weighted by Crippen LogP contribution is 2.44. The molecule has 3 heterocycles. The normalized spacial score (nSPS) is 16.3. The van der Waals surface area contributed by atoms with Gasteiger partial charge in [0.2, 0.25) is 0 Å². The Morgan fingerprint density at radius 3 is 2.35 bits per heavy atom. The van der Waals surface area contributed by atoms with E-state index in [0.717, 1.165) is 23.0 Å². The van der Waals surface area contributed by atoms with E-state index in [2.05, 4.69) is 15.6 Å². The maximum atomic E-state index is 14.1. The van der Waals surface area contributed by atoms with Gasteiger partial charge < -0.3 is 24.8 Å². The first kappa shape index (κ1) is 30.8. The second-order valence-electron chi connectivity index (χ2n) is 10.9. The molecular weight excluding hydrogens is 611 g/mol. The quantitative estimate of drug-likeness (QED) is 0.169. The number of aromatic nitrogens is 2. The van der Waals surface area contributed by atoms with E-state index in [1.54, 1.807) is 48.0 Å². The second kappa shape index (κ2) is 12.7. The molecule has 0 saturated carbocycles. The van der Waals surface area contributed by atoms with Gasteiger partial charge in [-0.15, -0.1) is 0 Å². The van der Waals surface area contributed by atoms with Crippen molar-refractivity contribution in [1.29, 1.82) is 0 Å². The molecule has 5 aromatic rings. The third kappa shape index (κ3) is 6.18. The van der Waals surface area contributed by atoms with Gasteiger partial charge in [-0.3, -0.25) is 9.78 Å². The van der Waals surface area contributed by atoms with Gasteiger partial charge in [0.1, 0.15) is 5.75 Å². The lowest BCUT2D eigenvalue weighted by Crippen LogP contribution is -2.29. The summed E-state index contributed by atoms with van der Waals surface area (Å²) in [6.45, 7) is 3.47. The molecule has 0 radical (unpaired) electrons. The van der Waals surface area contributed by atoms with Crippen molar-refractivity contribution in [3.63, 3.8) is 0 Å².